The number of benzene rings is 3. The van der Waals surface area contributed by atoms with Crippen LogP contribution in [0, 0.1) is 0 Å². The van der Waals surface area contributed by atoms with Gasteiger partial charge in [-0.3, -0.25) is 4.79 Å². The molecule has 3 aromatic carbocycles. The summed E-state index contributed by atoms with van der Waals surface area (Å²) in [5.41, 5.74) is 2.92. The molecule has 4 aliphatic heterocycles. The molecule has 0 spiro atoms. The summed E-state index contributed by atoms with van der Waals surface area (Å²) >= 11 is 0. The number of rotatable bonds is 14. The average molecular weight is 735 g/mol. The highest BCUT2D eigenvalue weighted by molar-refractivity contribution is 5.66. The third kappa shape index (κ3) is 9.52. The standard InChI is InChI=1S/C41H50O12/c1-26(42)47-36-34(45-23-29-19-13-8-14-20-29)32(44-22-28-17-11-7-12-18-28)30(24-43-21-27-15-9-6-10-16-27)48-38(36)46-25-31-33-35(51-40(2,3)50-33)37-39(49-31)53-41(4,5)52-37/h6-20,30-39H,21-25H2,1-5H3/t30-,31-,32-,33+,34+,35+,36+,37-,38+,39-/m1/s1. The summed E-state index contributed by atoms with van der Waals surface area (Å²) in [4.78, 5) is 12.7. The van der Waals surface area contributed by atoms with Crippen LogP contribution in [0.3, 0.4) is 0 Å². The normalized spacial score (nSPS) is 32.8. The van der Waals surface area contributed by atoms with Gasteiger partial charge in [0, 0.05) is 6.92 Å². The molecule has 4 fully saturated rings. The van der Waals surface area contributed by atoms with Gasteiger partial charge in [-0.15, -0.1) is 0 Å². The van der Waals surface area contributed by atoms with Crippen LogP contribution in [0.1, 0.15) is 51.3 Å². The number of carbonyl (C=O) groups is 1. The van der Waals surface area contributed by atoms with E-state index in [1.54, 1.807) is 0 Å². The van der Waals surface area contributed by atoms with Crippen molar-refractivity contribution in [1.29, 1.82) is 0 Å². The van der Waals surface area contributed by atoms with Crippen molar-refractivity contribution in [2.24, 2.45) is 0 Å². The van der Waals surface area contributed by atoms with Crippen molar-refractivity contribution < 1.29 is 56.9 Å². The molecule has 286 valence electrons. The monoisotopic (exact) mass is 734 g/mol. The van der Waals surface area contributed by atoms with E-state index in [1.165, 1.54) is 6.92 Å². The maximum atomic E-state index is 12.7. The van der Waals surface area contributed by atoms with Crippen molar-refractivity contribution in [3.05, 3.63) is 108 Å². The Hall–Kier alpha value is -3.27. The van der Waals surface area contributed by atoms with Crippen LogP contribution >= 0.6 is 0 Å². The average Bonchev–Trinajstić information content (AvgIpc) is 3.64. The quantitative estimate of drug-likeness (QED) is 0.196. The molecule has 0 N–H and O–H groups in total. The van der Waals surface area contributed by atoms with Crippen LogP contribution in [0.2, 0.25) is 0 Å². The van der Waals surface area contributed by atoms with E-state index in [9.17, 15) is 4.79 Å². The van der Waals surface area contributed by atoms with Gasteiger partial charge in [0.05, 0.1) is 33.0 Å². The first-order chi connectivity index (χ1) is 25.5. The van der Waals surface area contributed by atoms with Gasteiger partial charge in [-0.25, -0.2) is 0 Å². The molecule has 0 unspecified atom stereocenters. The molecule has 4 heterocycles. The fourth-order valence-electron chi connectivity index (χ4n) is 7.27. The molecule has 0 bridgehead atoms. The Labute approximate surface area is 310 Å². The highest BCUT2D eigenvalue weighted by atomic mass is 16.9. The maximum Gasteiger partial charge on any atom is 0.303 e. The molecule has 0 saturated carbocycles. The lowest BCUT2D eigenvalue weighted by Gasteiger charge is -2.46. The highest BCUT2D eigenvalue weighted by Crippen LogP contribution is 2.44. The van der Waals surface area contributed by atoms with Crippen LogP contribution in [0.4, 0.5) is 0 Å². The minimum Gasteiger partial charge on any atom is -0.454 e. The molecule has 0 aromatic heterocycles. The molecule has 10 atom stereocenters. The van der Waals surface area contributed by atoms with Gasteiger partial charge in [-0.05, 0) is 44.4 Å². The number of ether oxygens (including phenoxy) is 11. The zero-order valence-corrected chi connectivity index (χ0v) is 30.9. The Morgan fingerprint density at radius 2 is 1.09 bits per heavy atom. The van der Waals surface area contributed by atoms with E-state index < -0.39 is 79.0 Å². The van der Waals surface area contributed by atoms with Crippen LogP contribution < -0.4 is 0 Å². The summed E-state index contributed by atoms with van der Waals surface area (Å²) in [6, 6.07) is 29.5. The van der Waals surface area contributed by atoms with E-state index in [4.69, 9.17) is 52.1 Å². The first-order valence-electron chi connectivity index (χ1n) is 18.3. The molecule has 12 heteroatoms. The molecule has 4 saturated heterocycles. The lowest BCUT2D eigenvalue weighted by atomic mass is 9.97. The lowest BCUT2D eigenvalue weighted by Crippen LogP contribution is -2.63. The highest BCUT2D eigenvalue weighted by Gasteiger charge is 2.61. The second kappa shape index (κ2) is 16.6. The zero-order valence-electron chi connectivity index (χ0n) is 30.9. The number of fused-ring (bicyclic) bond motifs is 3. The Morgan fingerprint density at radius 3 is 1.70 bits per heavy atom. The first-order valence-corrected chi connectivity index (χ1v) is 18.3. The number of carbonyl (C=O) groups excluding carboxylic acids is 1. The van der Waals surface area contributed by atoms with E-state index in [2.05, 4.69) is 0 Å². The van der Waals surface area contributed by atoms with Gasteiger partial charge in [0.1, 0.15) is 42.7 Å². The van der Waals surface area contributed by atoms with Crippen molar-refractivity contribution >= 4 is 5.97 Å². The van der Waals surface area contributed by atoms with Gasteiger partial charge in [-0.1, -0.05) is 91.0 Å². The van der Waals surface area contributed by atoms with Gasteiger partial charge in [0.25, 0.3) is 0 Å². The van der Waals surface area contributed by atoms with Crippen molar-refractivity contribution in [1.82, 2.24) is 0 Å². The van der Waals surface area contributed by atoms with Gasteiger partial charge >= 0.3 is 5.97 Å². The molecule has 0 aliphatic carbocycles. The third-order valence-electron chi connectivity index (χ3n) is 9.53. The Morgan fingerprint density at radius 1 is 0.566 bits per heavy atom. The van der Waals surface area contributed by atoms with E-state index in [0.717, 1.165) is 16.7 Å². The van der Waals surface area contributed by atoms with Crippen LogP contribution in [0.25, 0.3) is 0 Å². The molecule has 4 aliphatic rings. The van der Waals surface area contributed by atoms with Gasteiger partial charge < -0.3 is 52.1 Å². The molecular weight excluding hydrogens is 684 g/mol. The summed E-state index contributed by atoms with van der Waals surface area (Å²) in [5, 5.41) is 0. The smallest absolute Gasteiger partial charge is 0.303 e. The molecule has 0 amide bonds. The van der Waals surface area contributed by atoms with Gasteiger partial charge in [-0.2, -0.15) is 0 Å². The van der Waals surface area contributed by atoms with Gasteiger partial charge in [0.2, 0.25) is 0 Å². The number of hydrogen-bond acceptors (Lipinski definition) is 12. The second-order valence-corrected chi connectivity index (χ2v) is 14.7. The van der Waals surface area contributed by atoms with Crippen LogP contribution in [-0.2, 0) is 76.7 Å². The Balaban J connectivity index is 1.16. The minimum atomic E-state index is -1.09. The molecule has 0 radical (unpaired) electrons. The minimum absolute atomic E-state index is 0.00537. The van der Waals surface area contributed by atoms with E-state index in [-0.39, 0.29) is 26.4 Å². The summed E-state index contributed by atoms with van der Waals surface area (Å²) < 4.78 is 70.1. The SMILES string of the molecule is CC(=O)O[C@@H]1[C@@H](OC[C@H]2O[C@@H]3OC(C)(C)O[C@@H]3[C@H]3OC(C)(C)O[C@H]32)O[C@H](COCc2ccccc2)[C@@H](OCc2ccccc2)[C@@H]1OCc1ccccc1. The molecule has 53 heavy (non-hydrogen) atoms. The molecular formula is C41H50O12. The fraction of sp³-hybridized carbons (Fsp3) is 0.537. The third-order valence-corrected chi connectivity index (χ3v) is 9.53. The maximum absolute atomic E-state index is 12.7. The Kier molecular flexibility index (Phi) is 11.9. The summed E-state index contributed by atoms with van der Waals surface area (Å²) in [6.07, 6.45) is -7.13. The van der Waals surface area contributed by atoms with E-state index in [1.807, 2.05) is 119 Å². The summed E-state index contributed by atoms with van der Waals surface area (Å²) in [6.45, 7) is 9.71. The van der Waals surface area contributed by atoms with E-state index >= 15 is 0 Å². The molecule has 3 aromatic rings. The predicted molar refractivity (Wildman–Crippen MR) is 189 cm³/mol. The fourth-order valence-corrected chi connectivity index (χ4v) is 7.27. The van der Waals surface area contributed by atoms with E-state index in [0.29, 0.717) is 6.61 Å². The number of hydrogen-bond donors (Lipinski definition) is 0. The largest absolute Gasteiger partial charge is 0.454 e. The predicted octanol–water partition coefficient (Wildman–Crippen LogP) is 5.44. The topological polar surface area (TPSA) is 119 Å². The number of esters is 1. The summed E-state index contributed by atoms with van der Waals surface area (Å²) in [7, 11) is 0. The van der Waals surface area contributed by atoms with Crippen molar-refractivity contribution in [2.75, 3.05) is 13.2 Å². The van der Waals surface area contributed by atoms with Crippen LogP contribution in [-0.4, -0.2) is 92.2 Å². The lowest BCUT2D eigenvalue weighted by molar-refractivity contribution is -0.330. The first kappa shape index (κ1) is 38.0. The van der Waals surface area contributed by atoms with Crippen LogP contribution in [0.15, 0.2) is 91.0 Å². The second-order valence-electron chi connectivity index (χ2n) is 14.7. The van der Waals surface area contributed by atoms with Crippen molar-refractivity contribution in [3.8, 4) is 0 Å². The molecule has 7 rings (SSSR count). The Bertz CT molecular complexity index is 1600. The van der Waals surface area contributed by atoms with Gasteiger partial charge in [0.15, 0.2) is 30.3 Å². The van der Waals surface area contributed by atoms with Crippen molar-refractivity contribution in [2.45, 2.75) is 127 Å². The van der Waals surface area contributed by atoms with Crippen LogP contribution in [0.5, 0.6) is 0 Å². The molecule has 12 nitrogen and oxygen atoms in total. The summed E-state index contributed by atoms with van der Waals surface area (Å²) in [5.74, 6) is -2.28. The zero-order chi connectivity index (χ0) is 37.0. The van der Waals surface area contributed by atoms with Crippen molar-refractivity contribution in [3.63, 3.8) is 0 Å².